The lowest BCUT2D eigenvalue weighted by Crippen LogP contribution is -2.30. The molecule has 7 nitrogen and oxygen atoms in total. The van der Waals surface area contributed by atoms with E-state index in [1.54, 1.807) is 6.26 Å². The molecule has 154 valence electrons. The molecule has 4 aromatic rings. The highest BCUT2D eigenvalue weighted by atomic mass is 16.5. The Hall–Kier alpha value is -3.74. The van der Waals surface area contributed by atoms with Crippen LogP contribution in [0.1, 0.15) is 16.7 Å². The van der Waals surface area contributed by atoms with Crippen LogP contribution in [-0.4, -0.2) is 16.2 Å². The third kappa shape index (κ3) is 3.87. The fraction of sp³-hybridized carbons (Fsp3) is 0.217. The SMILES string of the molecule is Cc1cc(Oc2ccc(C)c(C)c2OCCn2ccc(=O)[nH]c2=O)c2ccoc2c1. The molecule has 0 saturated carbocycles. The molecule has 4 rings (SSSR count). The van der Waals surface area contributed by atoms with Gasteiger partial charge < -0.3 is 13.9 Å². The van der Waals surface area contributed by atoms with Crippen LogP contribution in [-0.2, 0) is 6.54 Å². The summed E-state index contributed by atoms with van der Waals surface area (Å²) in [4.78, 5) is 25.3. The predicted octanol–water partition coefficient (Wildman–Crippen LogP) is 4.08. The first-order chi connectivity index (χ1) is 14.4. The maximum atomic E-state index is 11.9. The minimum atomic E-state index is -0.467. The molecule has 0 spiro atoms. The molecular formula is C23H22N2O5. The fourth-order valence-electron chi connectivity index (χ4n) is 3.26. The van der Waals surface area contributed by atoms with Gasteiger partial charge in [0.1, 0.15) is 17.9 Å². The van der Waals surface area contributed by atoms with Crippen LogP contribution >= 0.6 is 0 Å². The molecule has 0 fully saturated rings. The molecular weight excluding hydrogens is 384 g/mol. The molecule has 0 aliphatic rings. The minimum absolute atomic E-state index is 0.238. The summed E-state index contributed by atoms with van der Waals surface area (Å²) >= 11 is 0. The number of fused-ring (bicyclic) bond motifs is 1. The molecule has 7 heteroatoms. The van der Waals surface area contributed by atoms with Gasteiger partial charge in [0, 0.05) is 12.3 Å². The average molecular weight is 406 g/mol. The van der Waals surface area contributed by atoms with Gasteiger partial charge in [-0.2, -0.15) is 0 Å². The second-order valence-corrected chi connectivity index (χ2v) is 7.18. The maximum Gasteiger partial charge on any atom is 0.328 e. The number of nitrogens with zero attached hydrogens (tertiary/aromatic N) is 1. The summed E-state index contributed by atoms with van der Waals surface area (Å²) in [5.74, 6) is 1.88. The summed E-state index contributed by atoms with van der Waals surface area (Å²) in [5.41, 5.74) is 2.91. The number of aromatic amines is 1. The van der Waals surface area contributed by atoms with Crippen LogP contribution in [0.5, 0.6) is 17.2 Å². The molecule has 2 aromatic heterocycles. The van der Waals surface area contributed by atoms with Crippen LogP contribution in [0.25, 0.3) is 11.0 Å². The van der Waals surface area contributed by atoms with Crippen molar-refractivity contribution in [2.24, 2.45) is 0 Å². The zero-order valence-electron chi connectivity index (χ0n) is 17.0. The molecule has 2 aromatic carbocycles. The number of aromatic nitrogens is 2. The van der Waals surface area contributed by atoms with E-state index in [0.717, 1.165) is 27.7 Å². The number of hydrogen-bond acceptors (Lipinski definition) is 5. The molecule has 0 aliphatic carbocycles. The van der Waals surface area contributed by atoms with Gasteiger partial charge in [0.25, 0.3) is 5.56 Å². The molecule has 0 bridgehead atoms. The van der Waals surface area contributed by atoms with Crippen LogP contribution in [0, 0.1) is 20.8 Å². The summed E-state index contributed by atoms with van der Waals surface area (Å²) < 4.78 is 19.2. The zero-order valence-corrected chi connectivity index (χ0v) is 17.0. The first-order valence-corrected chi connectivity index (χ1v) is 9.61. The number of hydrogen-bond donors (Lipinski definition) is 1. The largest absolute Gasteiger partial charge is 0.488 e. The summed E-state index contributed by atoms with van der Waals surface area (Å²) in [6.45, 7) is 6.47. The first-order valence-electron chi connectivity index (χ1n) is 9.61. The van der Waals surface area contributed by atoms with Gasteiger partial charge in [0.2, 0.25) is 0 Å². The lowest BCUT2D eigenvalue weighted by atomic mass is 10.1. The van der Waals surface area contributed by atoms with Gasteiger partial charge in [-0.05, 0) is 61.7 Å². The van der Waals surface area contributed by atoms with Gasteiger partial charge in [0.05, 0.1) is 18.2 Å². The van der Waals surface area contributed by atoms with E-state index in [-0.39, 0.29) is 6.61 Å². The number of furan rings is 1. The van der Waals surface area contributed by atoms with E-state index in [4.69, 9.17) is 13.9 Å². The van der Waals surface area contributed by atoms with E-state index in [1.807, 2.05) is 51.1 Å². The van der Waals surface area contributed by atoms with Gasteiger partial charge in [-0.1, -0.05) is 6.07 Å². The average Bonchev–Trinajstić information content (AvgIpc) is 3.17. The molecule has 0 aliphatic heterocycles. The third-order valence-corrected chi connectivity index (χ3v) is 5.01. The van der Waals surface area contributed by atoms with Crippen molar-refractivity contribution in [2.45, 2.75) is 27.3 Å². The van der Waals surface area contributed by atoms with Gasteiger partial charge >= 0.3 is 5.69 Å². The highest BCUT2D eigenvalue weighted by Gasteiger charge is 2.15. The Morgan fingerprint density at radius 1 is 1.03 bits per heavy atom. The Balaban J connectivity index is 1.61. The highest BCUT2D eigenvalue weighted by molar-refractivity contribution is 5.85. The maximum absolute atomic E-state index is 11.9. The molecule has 2 heterocycles. The van der Waals surface area contributed by atoms with E-state index in [9.17, 15) is 9.59 Å². The number of benzene rings is 2. The van der Waals surface area contributed by atoms with Gasteiger partial charge in [-0.25, -0.2) is 4.79 Å². The number of aryl methyl sites for hydroxylation is 2. The molecule has 0 radical (unpaired) electrons. The number of rotatable bonds is 6. The van der Waals surface area contributed by atoms with E-state index in [0.29, 0.717) is 23.8 Å². The van der Waals surface area contributed by atoms with Crippen molar-refractivity contribution in [2.75, 3.05) is 6.61 Å². The predicted molar refractivity (Wildman–Crippen MR) is 114 cm³/mol. The van der Waals surface area contributed by atoms with E-state index in [1.165, 1.54) is 16.8 Å². The van der Waals surface area contributed by atoms with Crippen molar-refractivity contribution in [3.63, 3.8) is 0 Å². The van der Waals surface area contributed by atoms with Crippen LogP contribution in [0.4, 0.5) is 0 Å². The molecule has 1 N–H and O–H groups in total. The molecule has 0 amide bonds. The molecule has 0 atom stereocenters. The highest BCUT2D eigenvalue weighted by Crippen LogP contribution is 2.39. The number of H-pyrrole nitrogens is 1. The van der Waals surface area contributed by atoms with Crippen LogP contribution in [0.3, 0.4) is 0 Å². The Morgan fingerprint density at radius 3 is 2.67 bits per heavy atom. The lowest BCUT2D eigenvalue weighted by Gasteiger charge is -2.17. The van der Waals surface area contributed by atoms with E-state index in [2.05, 4.69) is 4.98 Å². The number of nitrogens with one attached hydrogen (secondary N) is 1. The minimum Gasteiger partial charge on any atom is -0.488 e. The summed E-state index contributed by atoms with van der Waals surface area (Å²) in [6.07, 6.45) is 3.09. The van der Waals surface area contributed by atoms with Crippen molar-refractivity contribution in [1.29, 1.82) is 0 Å². The number of ether oxygens (including phenoxy) is 2. The lowest BCUT2D eigenvalue weighted by molar-refractivity contribution is 0.281. The van der Waals surface area contributed by atoms with Crippen LogP contribution in [0.2, 0.25) is 0 Å². The van der Waals surface area contributed by atoms with Gasteiger partial charge in [-0.15, -0.1) is 0 Å². The summed E-state index contributed by atoms with van der Waals surface area (Å²) in [5, 5.41) is 0.879. The molecule has 0 unspecified atom stereocenters. The standard InChI is InChI=1S/C23H22N2O5/c1-14-12-19-17(7-10-28-19)20(13-14)30-18-5-4-15(2)16(3)22(18)29-11-9-25-8-6-21(26)24-23(25)27/h4-8,10,12-13H,9,11H2,1-3H3,(H,24,26,27). The second kappa shape index (κ2) is 7.94. The monoisotopic (exact) mass is 406 g/mol. The smallest absolute Gasteiger partial charge is 0.328 e. The Morgan fingerprint density at radius 2 is 1.87 bits per heavy atom. The van der Waals surface area contributed by atoms with E-state index >= 15 is 0 Å². The summed E-state index contributed by atoms with van der Waals surface area (Å²) in [7, 11) is 0. The third-order valence-electron chi connectivity index (χ3n) is 5.01. The van der Waals surface area contributed by atoms with Crippen molar-refractivity contribution in [3.8, 4) is 17.2 Å². The van der Waals surface area contributed by atoms with Crippen molar-refractivity contribution in [3.05, 3.63) is 86.4 Å². The molecule has 0 saturated heterocycles. The normalized spacial score (nSPS) is 11.0. The quantitative estimate of drug-likeness (QED) is 0.521. The van der Waals surface area contributed by atoms with Crippen molar-refractivity contribution in [1.82, 2.24) is 9.55 Å². The van der Waals surface area contributed by atoms with E-state index < -0.39 is 11.2 Å². The Labute approximate surface area is 172 Å². The zero-order chi connectivity index (χ0) is 21.3. The first kappa shape index (κ1) is 19.6. The topological polar surface area (TPSA) is 86.5 Å². The fourth-order valence-corrected chi connectivity index (χ4v) is 3.26. The summed E-state index contributed by atoms with van der Waals surface area (Å²) in [6, 6.07) is 10.9. The van der Waals surface area contributed by atoms with Crippen LogP contribution < -0.4 is 20.7 Å². The Kier molecular flexibility index (Phi) is 5.18. The Bertz CT molecular complexity index is 1330. The van der Waals surface area contributed by atoms with Crippen molar-refractivity contribution < 1.29 is 13.9 Å². The second-order valence-electron chi connectivity index (χ2n) is 7.18. The van der Waals surface area contributed by atoms with Gasteiger partial charge in [-0.3, -0.25) is 14.3 Å². The van der Waals surface area contributed by atoms with Gasteiger partial charge in [0.15, 0.2) is 11.5 Å². The van der Waals surface area contributed by atoms with Crippen molar-refractivity contribution >= 4 is 11.0 Å². The van der Waals surface area contributed by atoms with Crippen LogP contribution in [0.15, 0.2) is 62.9 Å². The molecule has 30 heavy (non-hydrogen) atoms.